The first-order valence-electron chi connectivity index (χ1n) is 6.56. The number of carbonyl (C=O) groups is 2. The molecule has 2 heterocycles. The molecular formula is C15H14BrN3O2. The van der Waals surface area contributed by atoms with Crippen molar-refractivity contribution in [3.8, 4) is 0 Å². The summed E-state index contributed by atoms with van der Waals surface area (Å²) in [5.41, 5.74) is 2.17. The highest BCUT2D eigenvalue weighted by Crippen LogP contribution is 2.32. The van der Waals surface area contributed by atoms with Gasteiger partial charge >= 0.3 is 6.03 Å². The summed E-state index contributed by atoms with van der Waals surface area (Å²) in [5.74, 6) is -0.0645. The minimum atomic E-state index is -0.413. The van der Waals surface area contributed by atoms with Gasteiger partial charge < -0.3 is 15.5 Å². The molecule has 2 aliphatic heterocycles. The highest BCUT2D eigenvalue weighted by atomic mass is 79.9. The van der Waals surface area contributed by atoms with E-state index in [-0.39, 0.29) is 11.9 Å². The summed E-state index contributed by atoms with van der Waals surface area (Å²) in [7, 11) is 0. The molecule has 0 saturated carbocycles. The summed E-state index contributed by atoms with van der Waals surface area (Å²) in [6, 6.07) is 6.89. The molecule has 21 heavy (non-hydrogen) atoms. The molecule has 0 radical (unpaired) electrons. The highest BCUT2D eigenvalue weighted by molar-refractivity contribution is 9.10. The number of nitrogens with zero attached hydrogens (tertiary/aromatic N) is 1. The monoisotopic (exact) mass is 347 g/mol. The third-order valence-electron chi connectivity index (χ3n) is 3.57. The fourth-order valence-electron chi connectivity index (χ4n) is 2.64. The van der Waals surface area contributed by atoms with Gasteiger partial charge in [-0.2, -0.15) is 0 Å². The number of hydrogen-bond acceptors (Lipinski definition) is 2. The Balaban J connectivity index is 1.98. The van der Waals surface area contributed by atoms with Crippen molar-refractivity contribution in [2.24, 2.45) is 0 Å². The molecule has 3 rings (SSSR count). The van der Waals surface area contributed by atoms with Gasteiger partial charge in [0, 0.05) is 11.0 Å². The van der Waals surface area contributed by atoms with Crippen LogP contribution in [0.2, 0.25) is 0 Å². The maximum absolute atomic E-state index is 12.5. The minimum absolute atomic E-state index is 0.0645. The van der Waals surface area contributed by atoms with E-state index in [0.717, 1.165) is 10.0 Å². The van der Waals surface area contributed by atoms with E-state index >= 15 is 0 Å². The summed E-state index contributed by atoms with van der Waals surface area (Å²) >= 11 is 3.38. The van der Waals surface area contributed by atoms with Crippen LogP contribution in [-0.2, 0) is 4.79 Å². The number of amides is 3. The topological polar surface area (TPSA) is 61.4 Å². The molecule has 2 N–H and O–H groups in total. The third kappa shape index (κ3) is 2.47. The number of urea groups is 1. The Hall–Kier alpha value is -2.08. The van der Waals surface area contributed by atoms with E-state index in [1.54, 1.807) is 11.0 Å². The Morgan fingerprint density at radius 1 is 1.33 bits per heavy atom. The van der Waals surface area contributed by atoms with Gasteiger partial charge in [-0.25, -0.2) is 4.79 Å². The summed E-state index contributed by atoms with van der Waals surface area (Å²) in [6.45, 7) is 4.54. The lowest BCUT2D eigenvalue weighted by molar-refractivity contribution is -0.125. The van der Waals surface area contributed by atoms with Crippen molar-refractivity contribution in [1.29, 1.82) is 0 Å². The molecule has 0 spiro atoms. The van der Waals surface area contributed by atoms with Crippen LogP contribution in [-0.4, -0.2) is 29.9 Å². The van der Waals surface area contributed by atoms with Crippen molar-refractivity contribution in [3.63, 3.8) is 0 Å². The molecular weight excluding hydrogens is 334 g/mol. The molecule has 5 nitrogen and oxygen atoms in total. The van der Waals surface area contributed by atoms with Gasteiger partial charge in [0.25, 0.3) is 5.91 Å². The lowest BCUT2D eigenvalue weighted by Gasteiger charge is -2.25. The Morgan fingerprint density at radius 3 is 2.71 bits per heavy atom. The van der Waals surface area contributed by atoms with Crippen LogP contribution in [0.1, 0.15) is 11.6 Å². The van der Waals surface area contributed by atoms with Gasteiger partial charge in [-0.3, -0.25) is 4.79 Å². The molecule has 6 heteroatoms. The highest BCUT2D eigenvalue weighted by Gasteiger charge is 2.39. The van der Waals surface area contributed by atoms with E-state index in [9.17, 15) is 9.59 Å². The van der Waals surface area contributed by atoms with Crippen molar-refractivity contribution < 1.29 is 9.59 Å². The molecule has 0 saturated heterocycles. The molecule has 2 aliphatic rings. The summed E-state index contributed by atoms with van der Waals surface area (Å²) in [4.78, 5) is 26.0. The van der Waals surface area contributed by atoms with Crippen molar-refractivity contribution in [1.82, 2.24) is 15.5 Å². The summed E-state index contributed by atoms with van der Waals surface area (Å²) in [5, 5.41) is 5.55. The molecule has 3 amide bonds. The van der Waals surface area contributed by atoms with E-state index in [1.807, 2.05) is 24.3 Å². The smallest absolute Gasteiger partial charge is 0.319 e. The first-order chi connectivity index (χ1) is 10.1. The van der Waals surface area contributed by atoms with Gasteiger partial charge in [0.15, 0.2) is 0 Å². The maximum Gasteiger partial charge on any atom is 0.319 e. The molecule has 1 aromatic carbocycles. The van der Waals surface area contributed by atoms with Crippen LogP contribution in [0.3, 0.4) is 0 Å². The van der Waals surface area contributed by atoms with Crippen molar-refractivity contribution in [2.45, 2.75) is 6.04 Å². The third-order valence-corrected chi connectivity index (χ3v) is 4.10. The minimum Gasteiger partial charge on any atom is -0.329 e. The lowest BCUT2D eigenvalue weighted by Crippen LogP contribution is -2.44. The van der Waals surface area contributed by atoms with Gasteiger partial charge in [-0.15, -0.1) is 6.58 Å². The molecule has 0 aliphatic carbocycles. The number of halogens is 1. The average molecular weight is 348 g/mol. The van der Waals surface area contributed by atoms with E-state index in [0.29, 0.717) is 24.4 Å². The van der Waals surface area contributed by atoms with Gasteiger partial charge in [0.05, 0.1) is 23.9 Å². The number of benzene rings is 1. The number of rotatable bonds is 3. The van der Waals surface area contributed by atoms with E-state index < -0.39 is 6.04 Å². The molecule has 1 unspecified atom stereocenters. The quantitative estimate of drug-likeness (QED) is 0.822. The molecule has 0 bridgehead atoms. The Morgan fingerprint density at radius 2 is 2.05 bits per heavy atom. The van der Waals surface area contributed by atoms with E-state index in [1.165, 1.54) is 0 Å². The fraction of sp³-hybridized carbons (Fsp3) is 0.200. The Labute approximate surface area is 130 Å². The first kappa shape index (κ1) is 13.9. The second-order valence-electron chi connectivity index (χ2n) is 4.95. The first-order valence-corrected chi connectivity index (χ1v) is 7.35. The molecule has 1 atom stereocenters. The standard InChI is InChI=1S/C15H14BrN3O2/c1-2-7-19-8-11-12(14(19)20)13(18-15(21)17-11)9-3-5-10(16)6-4-9/h2-6,13H,1,7-8H2,(H2,17,18,21). The number of carbonyl (C=O) groups excluding carboxylic acids is 2. The normalized spacial score (nSPS) is 21.0. The molecule has 0 fully saturated rings. The number of hydrogen-bond donors (Lipinski definition) is 2. The van der Waals surface area contributed by atoms with Crippen LogP contribution in [0.5, 0.6) is 0 Å². The zero-order valence-electron chi connectivity index (χ0n) is 11.2. The van der Waals surface area contributed by atoms with Crippen LogP contribution in [0.25, 0.3) is 0 Å². The molecule has 0 aromatic heterocycles. The fourth-order valence-corrected chi connectivity index (χ4v) is 2.90. The van der Waals surface area contributed by atoms with Crippen LogP contribution >= 0.6 is 15.9 Å². The molecule has 1 aromatic rings. The Kier molecular flexibility index (Phi) is 3.55. The number of nitrogens with one attached hydrogen (secondary N) is 2. The van der Waals surface area contributed by atoms with Crippen LogP contribution in [0, 0.1) is 0 Å². The zero-order chi connectivity index (χ0) is 15.0. The Bertz CT molecular complexity index is 651. The second kappa shape index (κ2) is 5.37. The van der Waals surface area contributed by atoms with E-state index in [2.05, 4.69) is 33.1 Å². The second-order valence-corrected chi connectivity index (χ2v) is 5.87. The SMILES string of the molecule is C=CCN1CC2=C(C1=O)C(c1ccc(Br)cc1)NC(=O)N2. The lowest BCUT2D eigenvalue weighted by atomic mass is 9.96. The summed E-state index contributed by atoms with van der Waals surface area (Å²) < 4.78 is 0.951. The predicted octanol–water partition coefficient (Wildman–Crippen LogP) is 2.09. The maximum atomic E-state index is 12.5. The average Bonchev–Trinajstić information content (AvgIpc) is 2.76. The van der Waals surface area contributed by atoms with Crippen molar-refractivity contribution in [3.05, 3.63) is 58.2 Å². The van der Waals surface area contributed by atoms with Crippen LogP contribution < -0.4 is 10.6 Å². The van der Waals surface area contributed by atoms with Gasteiger partial charge in [-0.05, 0) is 17.7 Å². The van der Waals surface area contributed by atoms with Crippen LogP contribution in [0.15, 0.2) is 52.7 Å². The summed E-state index contributed by atoms with van der Waals surface area (Å²) in [6.07, 6.45) is 1.68. The molecule has 108 valence electrons. The predicted molar refractivity (Wildman–Crippen MR) is 82.4 cm³/mol. The largest absolute Gasteiger partial charge is 0.329 e. The van der Waals surface area contributed by atoms with Crippen LogP contribution in [0.4, 0.5) is 4.79 Å². The van der Waals surface area contributed by atoms with Crippen molar-refractivity contribution >= 4 is 27.9 Å². The van der Waals surface area contributed by atoms with E-state index in [4.69, 9.17) is 0 Å². The zero-order valence-corrected chi connectivity index (χ0v) is 12.8. The van der Waals surface area contributed by atoms with Gasteiger partial charge in [0.2, 0.25) is 0 Å². The van der Waals surface area contributed by atoms with Gasteiger partial charge in [0.1, 0.15) is 0 Å². The van der Waals surface area contributed by atoms with Gasteiger partial charge in [-0.1, -0.05) is 34.1 Å². The van der Waals surface area contributed by atoms with Crippen molar-refractivity contribution in [2.75, 3.05) is 13.1 Å².